The minimum Gasteiger partial charge on any atom is -0.357 e. The van der Waals surface area contributed by atoms with Crippen molar-refractivity contribution < 1.29 is 4.39 Å². The van der Waals surface area contributed by atoms with Crippen molar-refractivity contribution in [1.82, 2.24) is 15.5 Å². The van der Waals surface area contributed by atoms with E-state index in [9.17, 15) is 4.39 Å². The van der Waals surface area contributed by atoms with Gasteiger partial charge in [0.05, 0.1) is 0 Å². The summed E-state index contributed by atoms with van der Waals surface area (Å²) in [5, 5.41) is 6.66. The molecule has 0 saturated carbocycles. The summed E-state index contributed by atoms with van der Waals surface area (Å²) in [6, 6.07) is 6.68. The maximum absolute atomic E-state index is 12.9. The normalized spacial score (nSPS) is 18.8. The standard InChI is InChI=1S/C18H29FN4.HI/c1-3-20-18(22-13-16-5-4-12-23(2)14-16)21-11-10-15-6-8-17(19)9-7-15;/h6-9,16H,3-5,10-14H2,1-2H3,(H2,20,21,22);1H. The van der Waals surface area contributed by atoms with Crippen LogP contribution in [0.1, 0.15) is 25.3 Å². The largest absolute Gasteiger partial charge is 0.357 e. The fraction of sp³-hybridized carbons (Fsp3) is 0.611. The fourth-order valence-corrected chi connectivity index (χ4v) is 2.96. The maximum Gasteiger partial charge on any atom is 0.191 e. The van der Waals surface area contributed by atoms with Crippen LogP contribution in [-0.2, 0) is 6.42 Å². The molecule has 1 heterocycles. The van der Waals surface area contributed by atoms with E-state index in [0.29, 0.717) is 5.92 Å². The van der Waals surface area contributed by atoms with Crippen LogP contribution < -0.4 is 10.6 Å². The zero-order valence-electron chi connectivity index (χ0n) is 14.7. The van der Waals surface area contributed by atoms with Crippen LogP contribution in [0.15, 0.2) is 29.3 Å². The second-order valence-electron chi connectivity index (χ2n) is 6.29. The number of benzene rings is 1. The van der Waals surface area contributed by atoms with Gasteiger partial charge in [-0.15, -0.1) is 24.0 Å². The van der Waals surface area contributed by atoms with Crippen molar-refractivity contribution in [2.24, 2.45) is 10.9 Å². The highest BCUT2D eigenvalue weighted by molar-refractivity contribution is 14.0. The Hall–Kier alpha value is -0.890. The van der Waals surface area contributed by atoms with E-state index < -0.39 is 0 Å². The number of rotatable bonds is 6. The highest BCUT2D eigenvalue weighted by Crippen LogP contribution is 2.15. The average molecular weight is 448 g/mol. The minimum absolute atomic E-state index is 0. The van der Waals surface area contributed by atoms with E-state index in [4.69, 9.17) is 4.99 Å². The van der Waals surface area contributed by atoms with Gasteiger partial charge in [0.1, 0.15) is 5.82 Å². The van der Waals surface area contributed by atoms with Gasteiger partial charge in [-0.1, -0.05) is 12.1 Å². The lowest BCUT2D eigenvalue weighted by Gasteiger charge is -2.28. The van der Waals surface area contributed by atoms with Gasteiger partial charge in [-0.25, -0.2) is 4.39 Å². The van der Waals surface area contributed by atoms with Crippen molar-refractivity contribution in [3.05, 3.63) is 35.6 Å². The second kappa shape index (κ2) is 11.6. The predicted octanol–water partition coefficient (Wildman–Crippen LogP) is 2.88. The molecule has 2 rings (SSSR count). The van der Waals surface area contributed by atoms with Crippen LogP contribution in [0.4, 0.5) is 4.39 Å². The Kier molecular flexibility index (Phi) is 10.2. The molecule has 1 aliphatic rings. The number of aliphatic imine (C=N–C) groups is 1. The number of hydrogen-bond acceptors (Lipinski definition) is 2. The number of likely N-dealkylation sites (tertiary alicyclic amines) is 1. The van der Waals surface area contributed by atoms with Gasteiger partial charge >= 0.3 is 0 Å². The molecule has 1 saturated heterocycles. The smallest absolute Gasteiger partial charge is 0.191 e. The molecule has 0 aromatic heterocycles. The van der Waals surface area contributed by atoms with Gasteiger partial charge in [-0.3, -0.25) is 4.99 Å². The maximum atomic E-state index is 12.9. The van der Waals surface area contributed by atoms with Crippen LogP contribution in [0, 0.1) is 11.7 Å². The van der Waals surface area contributed by atoms with Gasteiger partial charge in [0.25, 0.3) is 0 Å². The van der Waals surface area contributed by atoms with Crippen molar-refractivity contribution >= 4 is 29.9 Å². The number of nitrogens with one attached hydrogen (secondary N) is 2. The molecular weight excluding hydrogens is 418 g/mol. The van der Waals surface area contributed by atoms with E-state index in [-0.39, 0.29) is 29.8 Å². The molecule has 0 spiro atoms. The topological polar surface area (TPSA) is 39.7 Å². The molecule has 24 heavy (non-hydrogen) atoms. The van der Waals surface area contributed by atoms with Gasteiger partial charge < -0.3 is 15.5 Å². The van der Waals surface area contributed by atoms with Crippen molar-refractivity contribution in [3.8, 4) is 0 Å². The van der Waals surface area contributed by atoms with E-state index in [1.165, 1.54) is 31.5 Å². The molecule has 6 heteroatoms. The van der Waals surface area contributed by atoms with E-state index in [1.807, 2.05) is 12.1 Å². The first-order chi connectivity index (χ1) is 11.2. The van der Waals surface area contributed by atoms with Crippen LogP contribution in [0.5, 0.6) is 0 Å². The molecule has 136 valence electrons. The van der Waals surface area contributed by atoms with Crippen molar-refractivity contribution in [1.29, 1.82) is 0 Å². The van der Waals surface area contributed by atoms with Crippen LogP contribution in [-0.4, -0.2) is 50.6 Å². The van der Waals surface area contributed by atoms with E-state index >= 15 is 0 Å². The van der Waals surface area contributed by atoms with Gasteiger partial charge in [0, 0.05) is 26.2 Å². The number of hydrogen-bond donors (Lipinski definition) is 2. The molecule has 0 radical (unpaired) electrons. The minimum atomic E-state index is -0.186. The van der Waals surface area contributed by atoms with E-state index in [0.717, 1.165) is 44.1 Å². The molecule has 0 amide bonds. The Balaban J connectivity index is 0.00000288. The highest BCUT2D eigenvalue weighted by Gasteiger charge is 2.16. The summed E-state index contributed by atoms with van der Waals surface area (Å²) in [5.41, 5.74) is 1.13. The molecule has 0 bridgehead atoms. The van der Waals surface area contributed by atoms with Gasteiger partial charge in [-0.2, -0.15) is 0 Å². The van der Waals surface area contributed by atoms with Crippen LogP contribution >= 0.6 is 24.0 Å². The van der Waals surface area contributed by atoms with Crippen LogP contribution in [0.3, 0.4) is 0 Å². The molecule has 1 aromatic rings. The van der Waals surface area contributed by atoms with Crippen molar-refractivity contribution in [2.45, 2.75) is 26.2 Å². The number of guanidine groups is 1. The molecule has 1 atom stereocenters. The molecule has 1 fully saturated rings. The molecular formula is C18H30FIN4. The first-order valence-corrected chi connectivity index (χ1v) is 8.62. The predicted molar refractivity (Wildman–Crippen MR) is 110 cm³/mol. The van der Waals surface area contributed by atoms with Gasteiger partial charge in [-0.05, 0) is 63.4 Å². The molecule has 4 nitrogen and oxygen atoms in total. The molecule has 2 N–H and O–H groups in total. The molecule has 1 aromatic carbocycles. The Labute approximate surface area is 162 Å². The molecule has 1 aliphatic heterocycles. The summed E-state index contributed by atoms with van der Waals surface area (Å²) in [4.78, 5) is 7.11. The zero-order chi connectivity index (χ0) is 16.5. The number of halogens is 2. The third-order valence-electron chi connectivity index (χ3n) is 4.19. The monoisotopic (exact) mass is 448 g/mol. The molecule has 1 unspecified atom stereocenters. The Morgan fingerprint density at radius 3 is 2.71 bits per heavy atom. The number of piperidine rings is 1. The lowest BCUT2D eigenvalue weighted by atomic mass is 9.99. The summed E-state index contributed by atoms with van der Waals surface area (Å²) < 4.78 is 12.9. The summed E-state index contributed by atoms with van der Waals surface area (Å²) in [6.07, 6.45) is 3.39. The zero-order valence-corrected chi connectivity index (χ0v) is 17.1. The van der Waals surface area contributed by atoms with Crippen molar-refractivity contribution in [2.75, 3.05) is 39.8 Å². The Bertz CT molecular complexity index is 492. The number of nitrogens with zero attached hydrogens (tertiary/aromatic N) is 2. The average Bonchev–Trinajstić information content (AvgIpc) is 2.54. The van der Waals surface area contributed by atoms with Crippen LogP contribution in [0.25, 0.3) is 0 Å². The third-order valence-corrected chi connectivity index (χ3v) is 4.19. The van der Waals surface area contributed by atoms with Crippen molar-refractivity contribution in [3.63, 3.8) is 0 Å². The molecule has 0 aliphatic carbocycles. The summed E-state index contributed by atoms with van der Waals surface area (Å²) >= 11 is 0. The van der Waals surface area contributed by atoms with E-state index in [1.54, 1.807) is 0 Å². The third kappa shape index (κ3) is 7.79. The summed E-state index contributed by atoms with van der Waals surface area (Å²) in [5.74, 6) is 1.35. The summed E-state index contributed by atoms with van der Waals surface area (Å²) in [7, 11) is 2.18. The van der Waals surface area contributed by atoms with Gasteiger partial charge in [0.2, 0.25) is 0 Å². The quantitative estimate of drug-likeness (QED) is 0.400. The lowest BCUT2D eigenvalue weighted by Crippen LogP contribution is -2.39. The Morgan fingerprint density at radius 1 is 1.29 bits per heavy atom. The first-order valence-electron chi connectivity index (χ1n) is 8.62. The highest BCUT2D eigenvalue weighted by atomic mass is 127. The Morgan fingerprint density at radius 2 is 2.04 bits per heavy atom. The van der Waals surface area contributed by atoms with E-state index in [2.05, 4.69) is 29.5 Å². The first kappa shape index (κ1) is 21.2. The van der Waals surface area contributed by atoms with Crippen LogP contribution in [0.2, 0.25) is 0 Å². The fourth-order valence-electron chi connectivity index (χ4n) is 2.96. The lowest BCUT2D eigenvalue weighted by molar-refractivity contribution is 0.214. The van der Waals surface area contributed by atoms with Gasteiger partial charge in [0.15, 0.2) is 5.96 Å². The summed E-state index contributed by atoms with van der Waals surface area (Å²) in [6.45, 7) is 6.94. The SMILES string of the molecule is CCNC(=NCC1CCCN(C)C1)NCCc1ccc(F)cc1.I. The second-order valence-corrected chi connectivity index (χ2v) is 6.29.